The first-order valence-corrected chi connectivity index (χ1v) is 15.1. The monoisotopic (exact) mass is 600 g/mol. The van der Waals surface area contributed by atoms with Gasteiger partial charge in [-0.15, -0.1) is 0 Å². The average molecular weight is 601 g/mol. The number of aryl methyl sites for hydroxylation is 1. The van der Waals surface area contributed by atoms with Crippen molar-refractivity contribution in [1.82, 2.24) is 25.1 Å². The molecule has 44 heavy (non-hydrogen) atoms. The first-order chi connectivity index (χ1) is 21.2. The highest BCUT2D eigenvalue weighted by molar-refractivity contribution is 5.81. The molecule has 11 nitrogen and oxygen atoms in total. The largest absolute Gasteiger partial charge is 0.493 e. The summed E-state index contributed by atoms with van der Waals surface area (Å²) in [5.74, 6) is 1.37. The quantitative estimate of drug-likeness (QED) is 0.218. The molecule has 1 amide bonds. The summed E-state index contributed by atoms with van der Waals surface area (Å²) >= 11 is 0. The van der Waals surface area contributed by atoms with Gasteiger partial charge in [0.2, 0.25) is 0 Å². The highest BCUT2D eigenvalue weighted by Crippen LogP contribution is 2.29. The molecule has 0 radical (unpaired) electrons. The van der Waals surface area contributed by atoms with E-state index in [0.717, 1.165) is 58.7 Å². The molecule has 0 aliphatic carbocycles. The van der Waals surface area contributed by atoms with Crippen LogP contribution in [0.1, 0.15) is 69.0 Å². The Hall–Kier alpha value is -4.67. The molecule has 0 spiro atoms. The van der Waals surface area contributed by atoms with Crippen LogP contribution in [-0.4, -0.2) is 57.2 Å². The lowest BCUT2D eigenvalue weighted by Gasteiger charge is -2.20. The molecular weight excluding hydrogens is 560 g/mol. The predicted molar refractivity (Wildman–Crippen MR) is 167 cm³/mol. The number of amides is 1. The zero-order valence-corrected chi connectivity index (χ0v) is 25.8. The number of benzene rings is 1. The van der Waals surface area contributed by atoms with Crippen LogP contribution in [0.3, 0.4) is 0 Å². The van der Waals surface area contributed by atoms with E-state index in [4.69, 9.17) is 19.2 Å². The summed E-state index contributed by atoms with van der Waals surface area (Å²) in [6.07, 6.45) is 7.58. The molecular formula is C33H40N6O5. The van der Waals surface area contributed by atoms with Gasteiger partial charge in [-0.05, 0) is 87.6 Å². The summed E-state index contributed by atoms with van der Waals surface area (Å²) in [5.41, 5.74) is 4.02. The smallest absolute Gasteiger partial charge is 0.407 e. The fraction of sp³-hybridized carbons (Fsp3) is 0.424. The highest BCUT2D eigenvalue weighted by Gasteiger charge is 2.23. The summed E-state index contributed by atoms with van der Waals surface area (Å²) in [7, 11) is 0. The van der Waals surface area contributed by atoms with Gasteiger partial charge in [0, 0.05) is 43.0 Å². The van der Waals surface area contributed by atoms with Crippen molar-refractivity contribution in [3.05, 3.63) is 77.4 Å². The molecule has 4 heterocycles. The summed E-state index contributed by atoms with van der Waals surface area (Å²) in [5, 5.41) is 11.7. The van der Waals surface area contributed by atoms with Gasteiger partial charge in [0.1, 0.15) is 17.2 Å². The number of alkyl carbamates (subject to hydrolysis) is 1. The van der Waals surface area contributed by atoms with Crippen LogP contribution in [0.5, 0.6) is 5.75 Å². The summed E-state index contributed by atoms with van der Waals surface area (Å²) < 4.78 is 18.5. The molecule has 4 aromatic rings. The maximum absolute atomic E-state index is 12.7. The normalized spacial score (nSPS) is 13.5. The Kier molecular flexibility index (Phi) is 9.62. The minimum absolute atomic E-state index is 0.0656. The van der Waals surface area contributed by atoms with E-state index in [1.165, 1.54) is 5.56 Å². The Balaban J connectivity index is 1.30. The summed E-state index contributed by atoms with van der Waals surface area (Å²) in [6, 6.07) is 11.5. The number of ether oxygens (including phenoxy) is 3. The molecule has 0 saturated carbocycles. The molecule has 0 bridgehead atoms. The van der Waals surface area contributed by atoms with Crippen LogP contribution in [0.2, 0.25) is 0 Å². The van der Waals surface area contributed by atoms with E-state index in [1.54, 1.807) is 25.5 Å². The number of anilines is 1. The van der Waals surface area contributed by atoms with Gasteiger partial charge in [-0.3, -0.25) is 14.5 Å². The summed E-state index contributed by atoms with van der Waals surface area (Å²) in [4.78, 5) is 34.0. The van der Waals surface area contributed by atoms with Crippen LogP contribution in [0.25, 0.3) is 10.9 Å². The van der Waals surface area contributed by atoms with Crippen molar-refractivity contribution in [2.75, 3.05) is 25.1 Å². The number of hydrogen-bond donors (Lipinski definition) is 2. The van der Waals surface area contributed by atoms with E-state index in [-0.39, 0.29) is 25.5 Å². The first kappa shape index (κ1) is 30.8. The maximum atomic E-state index is 12.7. The Labute approximate surface area is 257 Å². The molecule has 0 fully saturated rings. The molecule has 11 heteroatoms. The van der Waals surface area contributed by atoms with E-state index in [1.807, 2.05) is 49.7 Å². The number of nitrogens with one attached hydrogen (secondary N) is 2. The standard InChI is InChI=1S/C33H40N6O5/c1-5-42-30(40)17-29(24-15-22(18-34-20-24)19-36-32(41)44-33(2,3)4)39-28-11-10-27(16-25(28)21-37-39)43-14-12-26-9-8-23-7-6-13-35-31(23)38-26/h8-11,15-16,18,20-21,29H,5-7,12-14,17,19H2,1-4H3,(H,35,38)(H,36,41). The van der Waals surface area contributed by atoms with Gasteiger partial charge >= 0.3 is 12.1 Å². The van der Waals surface area contributed by atoms with Crippen LogP contribution in [0, 0.1) is 0 Å². The van der Waals surface area contributed by atoms with E-state index < -0.39 is 17.7 Å². The van der Waals surface area contributed by atoms with Crippen molar-refractivity contribution in [3.63, 3.8) is 0 Å². The lowest BCUT2D eigenvalue weighted by atomic mass is 10.0. The first-order valence-electron chi connectivity index (χ1n) is 15.1. The van der Waals surface area contributed by atoms with Gasteiger partial charge in [0.25, 0.3) is 0 Å². The van der Waals surface area contributed by atoms with Gasteiger partial charge < -0.3 is 24.8 Å². The number of hydrogen-bond acceptors (Lipinski definition) is 9. The minimum Gasteiger partial charge on any atom is -0.493 e. The van der Waals surface area contributed by atoms with E-state index in [9.17, 15) is 9.59 Å². The molecule has 5 rings (SSSR count). The topological polar surface area (TPSA) is 129 Å². The van der Waals surface area contributed by atoms with Gasteiger partial charge in [-0.2, -0.15) is 5.10 Å². The van der Waals surface area contributed by atoms with E-state index in [0.29, 0.717) is 13.0 Å². The third-order valence-corrected chi connectivity index (χ3v) is 7.14. The average Bonchev–Trinajstić information content (AvgIpc) is 3.41. The van der Waals surface area contributed by atoms with Gasteiger partial charge in [0.15, 0.2) is 0 Å². The lowest BCUT2D eigenvalue weighted by molar-refractivity contribution is -0.143. The molecule has 1 unspecified atom stereocenters. The number of pyridine rings is 2. The molecule has 1 atom stereocenters. The Morgan fingerprint density at radius 2 is 1.98 bits per heavy atom. The molecule has 0 saturated heterocycles. The van der Waals surface area contributed by atoms with Crippen LogP contribution < -0.4 is 15.4 Å². The molecule has 1 aromatic carbocycles. The Bertz CT molecular complexity index is 1610. The van der Waals surface area contributed by atoms with Crippen LogP contribution >= 0.6 is 0 Å². The molecule has 1 aliphatic heterocycles. The molecule has 2 N–H and O–H groups in total. The van der Waals surface area contributed by atoms with Crippen LogP contribution in [0.15, 0.2) is 55.0 Å². The Morgan fingerprint density at radius 1 is 1.11 bits per heavy atom. The van der Waals surface area contributed by atoms with Gasteiger partial charge in [-0.1, -0.05) is 6.07 Å². The predicted octanol–water partition coefficient (Wildman–Crippen LogP) is 5.37. The summed E-state index contributed by atoms with van der Waals surface area (Å²) in [6.45, 7) is 9.16. The van der Waals surface area contributed by atoms with Crippen LogP contribution in [-0.2, 0) is 33.7 Å². The number of carbonyl (C=O) groups is 2. The maximum Gasteiger partial charge on any atom is 0.407 e. The number of fused-ring (bicyclic) bond motifs is 2. The van der Waals surface area contributed by atoms with Gasteiger partial charge in [-0.25, -0.2) is 9.78 Å². The lowest BCUT2D eigenvalue weighted by Crippen LogP contribution is -2.32. The van der Waals surface area contributed by atoms with Crippen molar-refractivity contribution in [3.8, 4) is 5.75 Å². The van der Waals surface area contributed by atoms with E-state index >= 15 is 0 Å². The fourth-order valence-electron chi connectivity index (χ4n) is 5.15. The fourth-order valence-corrected chi connectivity index (χ4v) is 5.15. The second-order valence-corrected chi connectivity index (χ2v) is 11.8. The zero-order valence-electron chi connectivity index (χ0n) is 25.8. The van der Waals surface area contributed by atoms with Crippen molar-refractivity contribution in [2.24, 2.45) is 0 Å². The SMILES string of the molecule is CCOC(=O)CC(c1cncc(CNC(=O)OC(C)(C)C)c1)n1ncc2cc(OCCc3ccc4c(n3)NCCC4)ccc21. The molecule has 232 valence electrons. The second-order valence-electron chi connectivity index (χ2n) is 11.8. The number of rotatable bonds is 11. The van der Waals surface area contributed by atoms with E-state index in [2.05, 4.69) is 32.8 Å². The Morgan fingerprint density at radius 3 is 2.80 bits per heavy atom. The zero-order chi connectivity index (χ0) is 31.1. The number of carbonyl (C=O) groups excluding carboxylic acids is 2. The second kappa shape index (κ2) is 13.7. The van der Waals surface area contributed by atoms with Crippen molar-refractivity contribution < 1.29 is 23.8 Å². The van der Waals surface area contributed by atoms with Crippen molar-refractivity contribution in [2.45, 2.75) is 71.6 Å². The molecule has 3 aromatic heterocycles. The molecule has 1 aliphatic rings. The minimum atomic E-state index is -0.600. The number of nitrogens with zero attached hydrogens (tertiary/aromatic N) is 4. The van der Waals surface area contributed by atoms with Crippen LogP contribution in [0.4, 0.5) is 10.6 Å². The highest BCUT2D eigenvalue weighted by atomic mass is 16.6. The van der Waals surface area contributed by atoms with Crippen molar-refractivity contribution in [1.29, 1.82) is 0 Å². The third kappa shape index (κ3) is 8.03. The van der Waals surface area contributed by atoms with Crippen molar-refractivity contribution >= 4 is 28.8 Å². The number of esters is 1. The third-order valence-electron chi connectivity index (χ3n) is 7.14. The number of aromatic nitrogens is 4. The van der Waals surface area contributed by atoms with Gasteiger partial charge in [0.05, 0.1) is 37.4 Å².